The summed E-state index contributed by atoms with van der Waals surface area (Å²) in [4.78, 5) is 12.0. The Morgan fingerprint density at radius 1 is 1.32 bits per heavy atom. The number of carbonyl (C=O) groups is 1. The summed E-state index contributed by atoms with van der Waals surface area (Å²) in [5.41, 5.74) is 0.647. The first-order valence-electron chi connectivity index (χ1n) is 6.67. The topological polar surface area (TPSA) is 75.3 Å². The molecule has 2 N–H and O–H groups in total. The number of thioether (sulfide) groups is 1. The lowest BCUT2D eigenvalue weighted by molar-refractivity contribution is 0.0956. The standard InChI is InChI=1S/C14H21ClN2O3S2/c1-14(2,3)21-8-7-16-13(18)11-6-5-10(9-12(11)15)17-22(4,19)20/h5-6,9,17H,7-8H2,1-4H3,(H,16,18). The fraction of sp³-hybridized carbons (Fsp3) is 0.500. The fourth-order valence-electron chi connectivity index (χ4n) is 1.59. The van der Waals surface area contributed by atoms with Crippen LogP contribution < -0.4 is 10.0 Å². The first kappa shape index (κ1) is 19.1. The summed E-state index contributed by atoms with van der Waals surface area (Å²) in [6.07, 6.45) is 1.05. The minimum absolute atomic E-state index is 0.154. The highest BCUT2D eigenvalue weighted by Crippen LogP contribution is 2.23. The van der Waals surface area contributed by atoms with E-state index in [1.54, 1.807) is 11.8 Å². The summed E-state index contributed by atoms with van der Waals surface area (Å²) in [6, 6.07) is 4.43. The average molecular weight is 365 g/mol. The zero-order valence-corrected chi connectivity index (χ0v) is 15.5. The van der Waals surface area contributed by atoms with E-state index in [1.165, 1.54) is 18.2 Å². The highest BCUT2D eigenvalue weighted by molar-refractivity contribution is 8.00. The molecule has 8 heteroatoms. The number of sulfonamides is 1. The Labute approximate surface area is 141 Å². The van der Waals surface area contributed by atoms with E-state index in [2.05, 4.69) is 30.8 Å². The van der Waals surface area contributed by atoms with Crippen molar-refractivity contribution >= 4 is 45.0 Å². The minimum atomic E-state index is -3.37. The number of amides is 1. The Kier molecular flexibility index (Phi) is 6.58. The molecule has 0 aliphatic carbocycles. The Morgan fingerprint density at radius 2 is 1.95 bits per heavy atom. The van der Waals surface area contributed by atoms with Crippen molar-refractivity contribution in [3.05, 3.63) is 28.8 Å². The van der Waals surface area contributed by atoms with Crippen molar-refractivity contribution in [3.63, 3.8) is 0 Å². The van der Waals surface area contributed by atoms with Gasteiger partial charge in [-0.3, -0.25) is 9.52 Å². The number of benzene rings is 1. The molecule has 1 aromatic carbocycles. The predicted octanol–water partition coefficient (Wildman–Crippen LogP) is 2.97. The second-order valence-electron chi connectivity index (χ2n) is 5.79. The number of halogens is 1. The van der Waals surface area contributed by atoms with Crippen molar-refractivity contribution in [2.75, 3.05) is 23.3 Å². The predicted molar refractivity (Wildman–Crippen MR) is 94.5 cm³/mol. The van der Waals surface area contributed by atoms with Crippen molar-refractivity contribution in [2.24, 2.45) is 0 Å². The molecule has 0 aliphatic heterocycles. The van der Waals surface area contributed by atoms with Crippen LogP contribution in [0.5, 0.6) is 0 Å². The van der Waals surface area contributed by atoms with E-state index in [-0.39, 0.29) is 15.7 Å². The lowest BCUT2D eigenvalue weighted by atomic mass is 10.2. The number of nitrogens with one attached hydrogen (secondary N) is 2. The van der Waals surface area contributed by atoms with Crippen molar-refractivity contribution in [2.45, 2.75) is 25.5 Å². The Balaban J connectivity index is 2.63. The zero-order valence-electron chi connectivity index (χ0n) is 13.1. The molecule has 0 unspecified atom stereocenters. The van der Waals surface area contributed by atoms with E-state index in [0.29, 0.717) is 17.8 Å². The van der Waals surface area contributed by atoms with Crippen LogP contribution in [0.25, 0.3) is 0 Å². The second-order valence-corrected chi connectivity index (χ2v) is 9.86. The van der Waals surface area contributed by atoms with Crippen molar-refractivity contribution in [3.8, 4) is 0 Å². The van der Waals surface area contributed by atoms with Crippen molar-refractivity contribution in [1.29, 1.82) is 0 Å². The quantitative estimate of drug-likeness (QED) is 0.761. The van der Waals surface area contributed by atoms with E-state index < -0.39 is 10.0 Å². The monoisotopic (exact) mass is 364 g/mol. The maximum absolute atomic E-state index is 12.0. The molecule has 22 heavy (non-hydrogen) atoms. The molecule has 0 aromatic heterocycles. The van der Waals surface area contributed by atoms with E-state index in [9.17, 15) is 13.2 Å². The van der Waals surface area contributed by atoms with Crippen LogP contribution in [0, 0.1) is 0 Å². The van der Waals surface area contributed by atoms with E-state index >= 15 is 0 Å². The maximum Gasteiger partial charge on any atom is 0.252 e. The highest BCUT2D eigenvalue weighted by atomic mass is 35.5. The van der Waals surface area contributed by atoms with Gasteiger partial charge in [0.05, 0.1) is 16.8 Å². The molecule has 124 valence electrons. The third-order valence-corrected chi connectivity index (χ3v) is 4.63. The summed E-state index contributed by atoms with van der Waals surface area (Å²) in [5.74, 6) is 0.533. The molecule has 0 spiro atoms. The van der Waals surface area contributed by atoms with Crippen LogP contribution in [-0.4, -0.2) is 37.6 Å². The van der Waals surface area contributed by atoms with Gasteiger partial charge in [0.1, 0.15) is 0 Å². The van der Waals surface area contributed by atoms with Crippen molar-refractivity contribution < 1.29 is 13.2 Å². The number of hydrogen-bond donors (Lipinski definition) is 2. The van der Waals surface area contributed by atoms with Crippen LogP contribution in [0.15, 0.2) is 18.2 Å². The number of hydrogen-bond acceptors (Lipinski definition) is 4. The molecule has 0 fully saturated rings. The highest BCUT2D eigenvalue weighted by Gasteiger charge is 2.13. The molecule has 1 amide bonds. The number of anilines is 1. The Morgan fingerprint density at radius 3 is 2.45 bits per heavy atom. The van der Waals surface area contributed by atoms with Gasteiger partial charge in [0.2, 0.25) is 10.0 Å². The molecule has 1 rings (SSSR count). The average Bonchev–Trinajstić information content (AvgIpc) is 2.31. The fourth-order valence-corrected chi connectivity index (χ4v) is 3.23. The van der Waals surface area contributed by atoms with Crippen LogP contribution >= 0.6 is 23.4 Å². The van der Waals surface area contributed by atoms with Gasteiger partial charge in [-0.15, -0.1) is 0 Å². The van der Waals surface area contributed by atoms with Gasteiger partial charge >= 0.3 is 0 Å². The molecule has 0 saturated carbocycles. The third-order valence-electron chi connectivity index (χ3n) is 2.44. The van der Waals surface area contributed by atoms with Crippen LogP contribution in [0.4, 0.5) is 5.69 Å². The van der Waals surface area contributed by atoms with Gasteiger partial charge in [-0.1, -0.05) is 32.4 Å². The summed E-state index contributed by atoms with van der Waals surface area (Å²) in [5, 5.41) is 3.00. The van der Waals surface area contributed by atoms with Crippen LogP contribution in [-0.2, 0) is 10.0 Å². The second kappa shape index (κ2) is 7.57. The first-order valence-corrected chi connectivity index (χ1v) is 9.93. The van der Waals surface area contributed by atoms with Crippen LogP contribution in [0.1, 0.15) is 31.1 Å². The first-order chi connectivity index (χ1) is 9.98. The molecule has 0 saturated heterocycles. The number of carbonyl (C=O) groups excluding carboxylic acids is 1. The lowest BCUT2D eigenvalue weighted by Crippen LogP contribution is -2.27. The van der Waals surface area contributed by atoms with Crippen molar-refractivity contribution in [1.82, 2.24) is 5.32 Å². The molecule has 1 aromatic rings. The van der Waals surface area contributed by atoms with Crippen LogP contribution in [0.3, 0.4) is 0 Å². The van der Waals surface area contributed by atoms with Gasteiger partial charge in [-0.2, -0.15) is 11.8 Å². The van der Waals surface area contributed by atoms with Gasteiger partial charge in [-0.05, 0) is 18.2 Å². The maximum atomic E-state index is 12.0. The van der Waals surface area contributed by atoms with Gasteiger partial charge in [0.25, 0.3) is 5.91 Å². The molecule has 0 heterocycles. The van der Waals surface area contributed by atoms with Gasteiger partial charge in [-0.25, -0.2) is 8.42 Å². The molecule has 0 bridgehead atoms. The molecule has 0 radical (unpaired) electrons. The smallest absolute Gasteiger partial charge is 0.252 e. The largest absolute Gasteiger partial charge is 0.351 e. The summed E-state index contributed by atoms with van der Waals surface area (Å²) >= 11 is 7.80. The summed E-state index contributed by atoms with van der Waals surface area (Å²) in [6.45, 7) is 6.89. The molecule has 0 atom stereocenters. The van der Waals surface area contributed by atoms with E-state index in [0.717, 1.165) is 12.0 Å². The molecular formula is C14H21ClN2O3S2. The SMILES string of the molecule is CC(C)(C)SCCNC(=O)c1ccc(NS(C)(=O)=O)cc1Cl. The van der Waals surface area contributed by atoms with Crippen LogP contribution in [0.2, 0.25) is 5.02 Å². The normalized spacial score (nSPS) is 12.0. The molecule has 0 aliphatic rings. The lowest BCUT2D eigenvalue weighted by Gasteiger charge is -2.17. The summed E-state index contributed by atoms with van der Waals surface area (Å²) in [7, 11) is -3.37. The Bertz CT molecular complexity index is 640. The number of rotatable bonds is 6. The Hall–Kier alpha value is -0.920. The minimum Gasteiger partial charge on any atom is -0.351 e. The van der Waals surface area contributed by atoms with Gasteiger partial charge in [0.15, 0.2) is 0 Å². The third kappa shape index (κ3) is 7.38. The van der Waals surface area contributed by atoms with Gasteiger partial charge in [0, 0.05) is 22.7 Å². The van der Waals surface area contributed by atoms with E-state index in [1.807, 2.05) is 0 Å². The molecular weight excluding hydrogens is 344 g/mol. The zero-order chi connectivity index (χ0) is 17.0. The van der Waals surface area contributed by atoms with E-state index in [4.69, 9.17) is 11.6 Å². The van der Waals surface area contributed by atoms with Gasteiger partial charge < -0.3 is 5.32 Å². The molecule has 5 nitrogen and oxygen atoms in total. The summed E-state index contributed by atoms with van der Waals surface area (Å²) < 4.78 is 24.8.